The summed E-state index contributed by atoms with van der Waals surface area (Å²) in [5.74, 6) is -1.26. The highest BCUT2D eigenvalue weighted by molar-refractivity contribution is 7.21. The third kappa shape index (κ3) is 5.18. The quantitative estimate of drug-likeness (QED) is 0.262. The van der Waals surface area contributed by atoms with Crippen LogP contribution in [0.5, 0.6) is 5.75 Å². The number of alkyl halides is 2. The molecule has 4 aromatic rings. The molecule has 0 radical (unpaired) electrons. The normalized spacial score (nSPS) is 14.4. The maximum atomic E-state index is 14.4. The Hall–Kier alpha value is -3.16. The van der Waals surface area contributed by atoms with Crippen molar-refractivity contribution in [2.75, 3.05) is 19.6 Å². The van der Waals surface area contributed by atoms with E-state index in [1.807, 2.05) is 6.07 Å². The predicted octanol–water partition coefficient (Wildman–Crippen LogP) is 6.50. The number of aromatic hydroxyl groups is 1. The minimum absolute atomic E-state index is 0.0425. The Morgan fingerprint density at radius 3 is 2.36 bits per heavy atom. The molecule has 0 saturated carbocycles. The summed E-state index contributed by atoms with van der Waals surface area (Å²) in [7, 11) is 0. The van der Waals surface area contributed by atoms with Gasteiger partial charge in [0.1, 0.15) is 11.6 Å². The number of hydrogen-bond donors (Lipinski definition) is 1. The van der Waals surface area contributed by atoms with E-state index in [0.29, 0.717) is 30.8 Å². The molecule has 0 spiro atoms. The van der Waals surface area contributed by atoms with E-state index in [-0.39, 0.29) is 17.1 Å². The van der Waals surface area contributed by atoms with Crippen molar-refractivity contribution in [2.45, 2.75) is 25.7 Å². The first-order valence-corrected chi connectivity index (χ1v) is 12.8. The van der Waals surface area contributed by atoms with Gasteiger partial charge in [0.15, 0.2) is 0 Å². The number of phenols is 1. The van der Waals surface area contributed by atoms with E-state index in [1.54, 1.807) is 24.3 Å². The molecule has 5 rings (SSSR count). The van der Waals surface area contributed by atoms with Crippen LogP contribution >= 0.6 is 11.3 Å². The number of aryl methyl sites for hydroxylation is 2. The first-order chi connectivity index (χ1) is 17.4. The highest BCUT2D eigenvalue weighted by Gasteiger charge is 2.33. The number of carbonyl (C=O) groups is 1. The Balaban J connectivity index is 1.29. The molecule has 3 nitrogen and oxygen atoms in total. The average molecular weight is 510 g/mol. The van der Waals surface area contributed by atoms with Gasteiger partial charge in [-0.15, -0.1) is 11.3 Å². The maximum Gasteiger partial charge on any atom is 0.243 e. The number of halogens is 3. The zero-order valence-electron chi connectivity index (χ0n) is 19.6. The molecule has 1 aliphatic heterocycles. The zero-order chi connectivity index (χ0) is 25.2. The van der Waals surface area contributed by atoms with Crippen molar-refractivity contribution in [2.24, 2.45) is 5.92 Å². The molecule has 1 aromatic heterocycles. The number of ketones is 1. The third-order valence-corrected chi connectivity index (χ3v) is 8.04. The van der Waals surface area contributed by atoms with Crippen LogP contribution in [0.3, 0.4) is 0 Å². The van der Waals surface area contributed by atoms with Crippen LogP contribution < -0.4 is 0 Å². The van der Waals surface area contributed by atoms with Gasteiger partial charge in [-0.1, -0.05) is 36.4 Å². The van der Waals surface area contributed by atoms with Gasteiger partial charge in [-0.2, -0.15) is 0 Å². The fourth-order valence-corrected chi connectivity index (χ4v) is 5.96. The van der Waals surface area contributed by atoms with Gasteiger partial charge < -0.3 is 10.0 Å². The Morgan fingerprint density at radius 1 is 0.972 bits per heavy atom. The van der Waals surface area contributed by atoms with Gasteiger partial charge in [0.2, 0.25) is 12.2 Å². The minimum atomic E-state index is -2.23. The number of carbonyl (C=O) groups excluding carboxylic acids is 1. The lowest BCUT2D eigenvalue weighted by Gasteiger charge is -2.38. The average Bonchev–Trinajstić information content (AvgIpc) is 3.19. The fourth-order valence-electron chi connectivity index (χ4n) is 4.72. The number of nitrogens with zero attached hydrogens (tertiary/aromatic N) is 1. The van der Waals surface area contributed by atoms with E-state index in [0.717, 1.165) is 39.7 Å². The molecule has 0 amide bonds. The van der Waals surface area contributed by atoms with Crippen molar-refractivity contribution in [3.63, 3.8) is 0 Å². The highest BCUT2D eigenvalue weighted by Crippen LogP contribution is 2.36. The number of hydrogen-bond acceptors (Lipinski definition) is 4. The van der Waals surface area contributed by atoms with Crippen LogP contribution in [0, 0.1) is 11.7 Å². The van der Waals surface area contributed by atoms with Crippen LogP contribution in [0.25, 0.3) is 10.1 Å². The van der Waals surface area contributed by atoms with Crippen molar-refractivity contribution in [3.05, 3.63) is 99.7 Å². The van der Waals surface area contributed by atoms with Gasteiger partial charge in [0.25, 0.3) is 0 Å². The molecule has 3 aromatic carbocycles. The lowest BCUT2D eigenvalue weighted by molar-refractivity contribution is -0.0233. The highest BCUT2D eigenvalue weighted by atomic mass is 32.1. The molecule has 7 heteroatoms. The first kappa shape index (κ1) is 24.5. The minimum Gasteiger partial charge on any atom is -0.508 e. The molecule has 1 aliphatic rings. The Kier molecular flexibility index (Phi) is 7.12. The van der Waals surface area contributed by atoms with Crippen LogP contribution in [0.4, 0.5) is 13.2 Å². The summed E-state index contributed by atoms with van der Waals surface area (Å²) in [5.41, 5.74) is 3.17. The van der Waals surface area contributed by atoms with E-state index in [1.165, 1.54) is 23.5 Å². The summed E-state index contributed by atoms with van der Waals surface area (Å²) < 4.78 is 40.4. The van der Waals surface area contributed by atoms with Gasteiger partial charge in [-0.25, -0.2) is 13.2 Å². The number of rotatable bonds is 9. The molecular formula is C29H26F3NO2S. The summed E-state index contributed by atoms with van der Waals surface area (Å²) in [4.78, 5) is 15.8. The van der Waals surface area contributed by atoms with Crippen LogP contribution in [-0.2, 0) is 19.3 Å². The molecule has 0 aliphatic carbocycles. The Bertz CT molecular complexity index is 1380. The van der Waals surface area contributed by atoms with E-state index < -0.39 is 18.2 Å². The first-order valence-electron chi connectivity index (χ1n) is 12.0. The third-order valence-electron chi connectivity index (χ3n) is 6.85. The van der Waals surface area contributed by atoms with Gasteiger partial charge in [-0.05, 0) is 71.7 Å². The van der Waals surface area contributed by atoms with Crippen LogP contribution in [0.15, 0.2) is 66.7 Å². The summed E-state index contributed by atoms with van der Waals surface area (Å²) >= 11 is 1.28. The fraction of sp³-hybridized carbons (Fsp3) is 0.276. The van der Waals surface area contributed by atoms with Crippen LogP contribution in [-0.4, -0.2) is 41.8 Å². The Labute approximate surface area is 211 Å². The van der Waals surface area contributed by atoms with Gasteiger partial charge >= 0.3 is 0 Å². The molecule has 0 unspecified atom stereocenters. The summed E-state index contributed by atoms with van der Waals surface area (Å²) in [6.07, 6.45) is -0.111. The molecule has 1 N–H and O–H groups in total. The molecule has 2 heterocycles. The van der Waals surface area contributed by atoms with Crippen molar-refractivity contribution < 1.29 is 23.1 Å². The van der Waals surface area contributed by atoms with Crippen molar-refractivity contribution in [3.8, 4) is 5.75 Å². The molecule has 1 fully saturated rings. The topological polar surface area (TPSA) is 40.5 Å². The largest absolute Gasteiger partial charge is 0.508 e. The molecule has 0 atom stereocenters. The number of phenolic OH excluding ortho intramolecular Hbond substituents is 1. The number of thiophene rings is 1. The van der Waals surface area contributed by atoms with Crippen LogP contribution in [0.1, 0.15) is 31.9 Å². The van der Waals surface area contributed by atoms with Gasteiger partial charge in [-0.3, -0.25) is 4.79 Å². The number of benzene rings is 3. The molecule has 1 saturated heterocycles. The van der Waals surface area contributed by atoms with Crippen molar-refractivity contribution in [1.82, 2.24) is 4.90 Å². The smallest absolute Gasteiger partial charge is 0.243 e. The number of likely N-dealkylation sites (tertiary alicyclic amines) is 1. The second kappa shape index (κ2) is 10.4. The summed E-state index contributed by atoms with van der Waals surface area (Å²) in [6, 6.07) is 19.3. The molecule has 0 bridgehead atoms. The lowest BCUT2D eigenvalue weighted by atomic mass is 9.97. The van der Waals surface area contributed by atoms with Crippen molar-refractivity contribution in [1.29, 1.82) is 0 Å². The predicted molar refractivity (Wildman–Crippen MR) is 137 cm³/mol. The lowest BCUT2D eigenvalue weighted by Crippen LogP contribution is -2.50. The maximum absolute atomic E-state index is 14.4. The SMILES string of the molecule is O=C(c1ccccc1F)c1sc2cc(O)ccc2c1CCc1ccc(CCN2CC(C(F)F)C2)cc1. The summed E-state index contributed by atoms with van der Waals surface area (Å²) in [6.45, 7) is 1.71. The zero-order valence-corrected chi connectivity index (χ0v) is 20.4. The van der Waals surface area contributed by atoms with Crippen LogP contribution in [0.2, 0.25) is 0 Å². The second-order valence-corrected chi connectivity index (χ2v) is 10.4. The standard InChI is InChI=1S/C29H26F3NO2S/c30-25-4-2-1-3-24(25)27(35)28-23(22-12-10-21(34)15-26(22)36-28)11-9-18-5-7-19(8-6-18)13-14-33-16-20(17-33)29(31)32/h1-8,10,12,15,20,29,34H,9,11,13-14,16-17H2. The molecular weight excluding hydrogens is 483 g/mol. The van der Waals surface area contributed by atoms with E-state index in [4.69, 9.17) is 0 Å². The van der Waals surface area contributed by atoms with Crippen molar-refractivity contribution >= 4 is 27.2 Å². The van der Waals surface area contributed by atoms with E-state index >= 15 is 0 Å². The summed E-state index contributed by atoms with van der Waals surface area (Å²) in [5, 5.41) is 10.8. The molecule has 186 valence electrons. The van der Waals surface area contributed by atoms with E-state index in [9.17, 15) is 23.1 Å². The number of fused-ring (bicyclic) bond motifs is 1. The second-order valence-electron chi connectivity index (χ2n) is 9.32. The van der Waals surface area contributed by atoms with E-state index in [2.05, 4.69) is 29.2 Å². The molecule has 36 heavy (non-hydrogen) atoms. The van der Waals surface area contributed by atoms with Gasteiger partial charge in [0.05, 0.1) is 10.4 Å². The monoisotopic (exact) mass is 509 g/mol. The Morgan fingerprint density at radius 2 is 1.67 bits per heavy atom. The van der Waals surface area contributed by atoms with Gasteiger partial charge in [0, 0.05) is 30.3 Å².